The SMILES string of the molecule is c1ccc(-c2nnc(NCC3CCCO3)s2)cc1. The van der Waals surface area contributed by atoms with Crippen LogP contribution in [0.4, 0.5) is 5.13 Å². The van der Waals surface area contributed by atoms with Crippen molar-refractivity contribution in [2.24, 2.45) is 0 Å². The zero-order chi connectivity index (χ0) is 12.2. The molecule has 94 valence electrons. The van der Waals surface area contributed by atoms with Crippen molar-refractivity contribution in [3.05, 3.63) is 30.3 Å². The first-order valence-electron chi connectivity index (χ1n) is 6.16. The molecule has 1 aliphatic heterocycles. The quantitative estimate of drug-likeness (QED) is 0.919. The summed E-state index contributed by atoms with van der Waals surface area (Å²) >= 11 is 1.58. The summed E-state index contributed by atoms with van der Waals surface area (Å²) in [6.45, 7) is 1.71. The topological polar surface area (TPSA) is 47.0 Å². The predicted octanol–water partition coefficient (Wildman–Crippen LogP) is 2.80. The first kappa shape index (κ1) is 11.6. The van der Waals surface area contributed by atoms with Gasteiger partial charge in [-0.3, -0.25) is 0 Å². The number of anilines is 1. The lowest BCUT2D eigenvalue weighted by molar-refractivity contribution is 0.120. The van der Waals surface area contributed by atoms with Crippen molar-refractivity contribution in [1.82, 2.24) is 10.2 Å². The van der Waals surface area contributed by atoms with Crippen LogP contribution < -0.4 is 5.32 Å². The van der Waals surface area contributed by atoms with Crippen molar-refractivity contribution in [2.45, 2.75) is 18.9 Å². The van der Waals surface area contributed by atoms with Gasteiger partial charge in [-0.25, -0.2) is 0 Å². The van der Waals surface area contributed by atoms with E-state index in [1.165, 1.54) is 0 Å². The van der Waals surface area contributed by atoms with Crippen LogP contribution in [-0.4, -0.2) is 29.5 Å². The Balaban J connectivity index is 1.63. The number of hydrogen-bond acceptors (Lipinski definition) is 5. The molecule has 1 fully saturated rings. The van der Waals surface area contributed by atoms with Gasteiger partial charge in [-0.05, 0) is 12.8 Å². The van der Waals surface area contributed by atoms with Crippen molar-refractivity contribution < 1.29 is 4.74 Å². The van der Waals surface area contributed by atoms with Crippen LogP contribution in [0.15, 0.2) is 30.3 Å². The van der Waals surface area contributed by atoms with E-state index in [0.717, 1.165) is 41.7 Å². The summed E-state index contributed by atoms with van der Waals surface area (Å²) in [4.78, 5) is 0. The zero-order valence-corrected chi connectivity index (χ0v) is 10.8. The molecule has 1 atom stereocenters. The number of benzene rings is 1. The molecule has 1 aliphatic rings. The summed E-state index contributed by atoms with van der Waals surface area (Å²) in [6.07, 6.45) is 2.63. The molecule has 1 N–H and O–H groups in total. The van der Waals surface area contributed by atoms with Crippen LogP contribution in [0.5, 0.6) is 0 Å². The molecule has 1 aromatic heterocycles. The number of hydrogen-bond donors (Lipinski definition) is 1. The molecule has 0 amide bonds. The average Bonchev–Trinajstić information content (AvgIpc) is 3.09. The summed E-state index contributed by atoms with van der Waals surface area (Å²) in [7, 11) is 0. The van der Waals surface area contributed by atoms with Crippen LogP contribution in [0.2, 0.25) is 0 Å². The third-order valence-corrected chi connectivity index (χ3v) is 3.88. The lowest BCUT2D eigenvalue weighted by Gasteiger charge is -2.08. The summed E-state index contributed by atoms with van der Waals surface area (Å²) in [5, 5.41) is 13.5. The molecule has 2 heterocycles. The molecule has 1 unspecified atom stereocenters. The Bertz CT molecular complexity index is 494. The minimum Gasteiger partial charge on any atom is -0.376 e. The lowest BCUT2D eigenvalue weighted by atomic mass is 10.2. The summed E-state index contributed by atoms with van der Waals surface area (Å²) in [5.41, 5.74) is 1.11. The normalized spacial score (nSPS) is 19.0. The third kappa shape index (κ3) is 2.68. The minimum atomic E-state index is 0.328. The number of nitrogens with one attached hydrogen (secondary N) is 1. The molecule has 5 heteroatoms. The molecule has 1 aromatic carbocycles. The number of rotatable bonds is 4. The maximum absolute atomic E-state index is 5.56. The van der Waals surface area contributed by atoms with Gasteiger partial charge in [-0.15, -0.1) is 10.2 Å². The smallest absolute Gasteiger partial charge is 0.206 e. The molecule has 0 saturated carbocycles. The van der Waals surface area contributed by atoms with E-state index >= 15 is 0 Å². The Kier molecular flexibility index (Phi) is 3.52. The van der Waals surface area contributed by atoms with Crippen molar-refractivity contribution in [2.75, 3.05) is 18.5 Å². The fourth-order valence-corrected chi connectivity index (χ4v) is 2.75. The van der Waals surface area contributed by atoms with Crippen LogP contribution in [-0.2, 0) is 4.74 Å². The first-order chi connectivity index (χ1) is 8.92. The Morgan fingerprint density at radius 3 is 2.94 bits per heavy atom. The minimum absolute atomic E-state index is 0.328. The zero-order valence-electron chi connectivity index (χ0n) is 10.0. The standard InChI is InChI=1S/C13H15N3OS/c1-2-5-10(6-3-1)12-15-16-13(18-12)14-9-11-7-4-8-17-11/h1-3,5-6,11H,4,7-9H2,(H,14,16). The van der Waals surface area contributed by atoms with Gasteiger partial charge in [0.2, 0.25) is 5.13 Å². The van der Waals surface area contributed by atoms with E-state index in [1.54, 1.807) is 11.3 Å². The van der Waals surface area contributed by atoms with Gasteiger partial charge in [0.05, 0.1) is 6.10 Å². The monoisotopic (exact) mass is 261 g/mol. The van der Waals surface area contributed by atoms with Crippen molar-refractivity contribution >= 4 is 16.5 Å². The van der Waals surface area contributed by atoms with E-state index in [0.29, 0.717) is 6.10 Å². The highest BCUT2D eigenvalue weighted by Gasteiger charge is 2.15. The second-order valence-corrected chi connectivity index (χ2v) is 5.27. The van der Waals surface area contributed by atoms with Gasteiger partial charge in [0, 0.05) is 18.7 Å². The highest BCUT2D eigenvalue weighted by molar-refractivity contribution is 7.18. The molecule has 0 radical (unpaired) electrons. The van der Waals surface area contributed by atoms with E-state index in [-0.39, 0.29) is 0 Å². The molecule has 0 spiro atoms. The predicted molar refractivity (Wildman–Crippen MR) is 72.8 cm³/mol. The van der Waals surface area contributed by atoms with E-state index in [2.05, 4.69) is 15.5 Å². The van der Waals surface area contributed by atoms with E-state index in [9.17, 15) is 0 Å². The number of ether oxygens (including phenoxy) is 1. The molecule has 0 bridgehead atoms. The van der Waals surface area contributed by atoms with Gasteiger partial charge in [0.15, 0.2) is 0 Å². The molecular formula is C13H15N3OS. The van der Waals surface area contributed by atoms with Crippen molar-refractivity contribution in [3.8, 4) is 10.6 Å². The van der Waals surface area contributed by atoms with E-state index in [4.69, 9.17) is 4.74 Å². The summed E-state index contributed by atoms with van der Waals surface area (Å²) in [6, 6.07) is 10.1. The van der Waals surface area contributed by atoms with Gasteiger partial charge < -0.3 is 10.1 Å². The van der Waals surface area contributed by atoms with Crippen LogP contribution >= 0.6 is 11.3 Å². The molecule has 3 rings (SSSR count). The van der Waals surface area contributed by atoms with Crippen molar-refractivity contribution in [3.63, 3.8) is 0 Å². The fourth-order valence-electron chi connectivity index (χ4n) is 2.00. The third-order valence-electron chi connectivity index (χ3n) is 2.95. The molecular weight excluding hydrogens is 246 g/mol. The van der Waals surface area contributed by atoms with Crippen molar-refractivity contribution in [1.29, 1.82) is 0 Å². The average molecular weight is 261 g/mol. The second-order valence-electron chi connectivity index (χ2n) is 4.29. The van der Waals surface area contributed by atoms with Crippen LogP contribution in [0.25, 0.3) is 10.6 Å². The Morgan fingerprint density at radius 1 is 1.28 bits per heavy atom. The second kappa shape index (κ2) is 5.46. The Morgan fingerprint density at radius 2 is 2.17 bits per heavy atom. The molecule has 1 saturated heterocycles. The molecule has 4 nitrogen and oxygen atoms in total. The largest absolute Gasteiger partial charge is 0.376 e. The van der Waals surface area contributed by atoms with Crippen LogP contribution in [0, 0.1) is 0 Å². The van der Waals surface area contributed by atoms with E-state index < -0.39 is 0 Å². The highest BCUT2D eigenvalue weighted by Crippen LogP contribution is 2.26. The summed E-state index contributed by atoms with van der Waals surface area (Å²) < 4.78 is 5.56. The molecule has 2 aromatic rings. The van der Waals surface area contributed by atoms with Crippen LogP contribution in [0.3, 0.4) is 0 Å². The summed E-state index contributed by atoms with van der Waals surface area (Å²) in [5.74, 6) is 0. The molecule has 0 aliphatic carbocycles. The van der Waals surface area contributed by atoms with Gasteiger partial charge in [0.1, 0.15) is 5.01 Å². The lowest BCUT2D eigenvalue weighted by Crippen LogP contribution is -2.18. The van der Waals surface area contributed by atoms with Gasteiger partial charge in [-0.1, -0.05) is 41.7 Å². The fraction of sp³-hybridized carbons (Fsp3) is 0.385. The Hall–Kier alpha value is -1.46. The van der Waals surface area contributed by atoms with Gasteiger partial charge >= 0.3 is 0 Å². The first-order valence-corrected chi connectivity index (χ1v) is 6.98. The van der Waals surface area contributed by atoms with Gasteiger partial charge in [0.25, 0.3) is 0 Å². The highest BCUT2D eigenvalue weighted by atomic mass is 32.1. The van der Waals surface area contributed by atoms with E-state index in [1.807, 2.05) is 30.3 Å². The number of nitrogens with zero attached hydrogens (tertiary/aromatic N) is 2. The maximum atomic E-state index is 5.56. The maximum Gasteiger partial charge on any atom is 0.206 e. The van der Waals surface area contributed by atoms with Gasteiger partial charge in [-0.2, -0.15) is 0 Å². The number of aromatic nitrogens is 2. The Labute approximate surface area is 110 Å². The molecule has 18 heavy (non-hydrogen) atoms. The van der Waals surface area contributed by atoms with Crippen LogP contribution in [0.1, 0.15) is 12.8 Å².